The number of fused-ring (bicyclic) bond motifs is 2. The lowest BCUT2D eigenvalue weighted by molar-refractivity contribution is 0.0698. The van der Waals surface area contributed by atoms with Crippen LogP contribution in [0.2, 0.25) is 0 Å². The van der Waals surface area contributed by atoms with E-state index in [9.17, 15) is 28.7 Å². The normalized spacial score (nSPS) is 13.3. The molecule has 186 valence electrons. The highest BCUT2D eigenvalue weighted by Crippen LogP contribution is 2.32. The van der Waals surface area contributed by atoms with Crippen molar-refractivity contribution < 1.29 is 18.7 Å². The molecule has 2 aromatic carbocycles. The SMILES string of the molecule is Cc1cc(C(C)Nc2ccccc2C(=O)O)c2nc(N3Cc4cc(F)c(F)cc4C3)c(C#N)c(=O)n2c1. The van der Waals surface area contributed by atoms with Crippen molar-refractivity contribution in [2.45, 2.75) is 33.0 Å². The molecule has 1 aliphatic heterocycles. The van der Waals surface area contributed by atoms with E-state index >= 15 is 0 Å². The molecule has 0 fully saturated rings. The van der Waals surface area contributed by atoms with Gasteiger partial charge in [-0.05, 0) is 60.9 Å². The molecule has 1 unspecified atom stereocenters. The Labute approximate surface area is 210 Å². The topological polar surface area (TPSA) is 111 Å². The van der Waals surface area contributed by atoms with Gasteiger partial charge in [0.05, 0.1) is 11.6 Å². The Bertz CT molecular complexity index is 1660. The van der Waals surface area contributed by atoms with E-state index in [0.717, 1.165) is 17.7 Å². The van der Waals surface area contributed by atoms with Crippen LogP contribution in [0.15, 0.2) is 53.5 Å². The maximum Gasteiger partial charge on any atom is 0.337 e. The van der Waals surface area contributed by atoms with Crippen molar-refractivity contribution in [3.05, 3.63) is 104 Å². The van der Waals surface area contributed by atoms with E-state index in [-0.39, 0.29) is 35.7 Å². The first-order valence-corrected chi connectivity index (χ1v) is 11.5. The van der Waals surface area contributed by atoms with Crippen molar-refractivity contribution in [3.8, 4) is 6.07 Å². The van der Waals surface area contributed by atoms with Crippen LogP contribution in [0.25, 0.3) is 5.65 Å². The van der Waals surface area contributed by atoms with Gasteiger partial charge in [0.25, 0.3) is 5.56 Å². The second kappa shape index (κ2) is 9.02. The van der Waals surface area contributed by atoms with Gasteiger partial charge in [0.2, 0.25) is 0 Å². The lowest BCUT2D eigenvalue weighted by Crippen LogP contribution is -2.27. The summed E-state index contributed by atoms with van der Waals surface area (Å²) >= 11 is 0. The van der Waals surface area contributed by atoms with Gasteiger partial charge in [0, 0.05) is 30.5 Å². The van der Waals surface area contributed by atoms with Crippen molar-refractivity contribution in [3.63, 3.8) is 0 Å². The van der Waals surface area contributed by atoms with Crippen LogP contribution in [0.4, 0.5) is 20.3 Å². The number of nitrogens with zero attached hydrogens (tertiary/aromatic N) is 4. The second-order valence-electron chi connectivity index (χ2n) is 9.00. The smallest absolute Gasteiger partial charge is 0.337 e. The first-order valence-electron chi connectivity index (χ1n) is 11.5. The number of carboxylic acids is 1. The molecular weight excluding hydrogens is 480 g/mol. The minimum absolute atomic E-state index is 0.0955. The van der Waals surface area contributed by atoms with Crippen molar-refractivity contribution in [1.29, 1.82) is 5.26 Å². The number of nitriles is 1. The number of aromatic carboxylic acids is 1. The van der Waals surface area contributed by atoms with Crippen LogP contribution in [0.3, 0.4) is 0 Å². The third-order valence-electron chi connectivity index (χ3n) is 6.44. The average molecular weight is 501 g/mol. The monoisotopic (exact) mass is 501 g/mol. The van der Waals surface area contributed by atoms with Crippen LogP contribution in [0, 0.1) is 29.9 Å². The highest BCUT2D eigenvalue weighted by molar-refractivity contribution is 5.94. The van der Waals surface area contributed by atoms with Crippen LogP contribution in [-0.2, 0) is 13.1 Å². The molecule has 0 aliphatic carbocycles. The van der Waals surface area contributed by atoms with Gasteiger partial charge in [-0.25, -0.2) is 18.6 Å². The van der Waals surface area contributed by atoms with Crippen LogP contribution in [0.1, 0.15) is 51.1 Å². The number of nitrogens with one attached hydrogen (secondary N) is 1. The zero-order valence-electron chi connectivity index (χ0n) is 19.9. The molecule has 10 heteroatoms. The highest BCUT2D eigenvalue weighted by Gasteiger charge is 2.27. The molecule has 0 spiro atoms. The molecule has 1 aliphatic rings. The molecular formula is C27H21F2N5O3. The Morgan fingerprint density at radius 2 is 1.81 bits per heavy atom. The van der Waals surface area contributed by atoms with Gasteiger partial charge >= 0.3 is 5.97 Å². The van der Waals surface area contributed by atoms with E-state index in [2.05, 4.69) is 5.32 Å². The summed E-state index contributed by atoms with van der Waals surface area (Å²) in [5.74, 6) is -2.90. The quantitative estimate of drug-likeness (QED) is 0.413. The predicted molar refractivity (Wildman–Crippen MR) is 133 cm³/mol. The lowest BCUT2D eigenvalue weighted by Gasteiger charge is -2.22. The number of carbonyl (C=O) groups is 1. The zero-order valence-corrected chi connectivity index (χ0v) is 19.9. The summed E-state index contributed by atoms with van der Waals surface area (Å²) in [6.45, 7) is 3.93. The van der Waals surface area contributed by atoms with Gasteiger partial charge in [-0.2, -0.15) is 5.26 Å². The summed E-state index contributed by atoms with van der Waals surface area (Å²) in [5.41, 5.74) is 2.47. The number of hydrogen-bond acceptors (Lipinski definition) is 6. The van der Waals surface area contributed by atoms with Crippen LogP contribution in [-0.4, -0.2) is 20.5 Å². The summed E-state index contributed by atoms with van der Waals surface area (Å²) < 4.78 is 28.9. The van der Waals surface area contributed by atoms with Crippen molar-refractivity contribution in [1.82, 2.24) is 9.38 Å². The maximum absolute atomic E-state index is 13.8. The van der Waals surface area contributed by atoms with Gasteiger partial charge in [-0.1, -0.05) is 12.1 Å². The number of aromatic nitrogens is 2. The molecule has 2 N–H and O–H groups in total. The summed E-state index contributed by atoms with van der Waals surface area (Å²) in [6, 6.07) is 12.0. The summed E-state index contributed by atoms with van der Waals surface area (Å²) in [4.78, 5) is 31.4. The molecule has 8 nitrogen and oxygen atoms in total. The van der Waals surface area contributed by atoms with Gasteiger partial charge < -0.3 is 15.3 Å². The second-order valence-corrected chi connectivity index (χ2v) is 9.00. The van der Waals surface area contributed by atoms with Gasteiger partial charge in [-0.15, -0.1) is 0 Å². The summed E-state index contributed by atoms with van der Waals surface area (Å²) in [5, 5.41) is 22.6. The van der Waals surface area contributed by atoms with Gasteiger partial charge in [-0.3, -0.25) is 9.20 Å². The Morgan fingerprint density at radius 1 is 1.16 bits per heavy atom. The Kier molecular flexibility index (Phi) is 5.84. The number of halogens is 2. The Hall–Kier alpha value is -4.78. The standard InChI is InChI=1S/C27H21F2N5O3/c1-14-7-19(15(2)31-23-6-4-3-5-18(23)27(36)37)25-32-24(20(10-30)26(35)34(25)11-14)33-12-16-8-21(28)22(29)9-17(16)13-33/h3-9,11,15,31H,12-13H2,1-2H3,(H,36,37). The van der Waals surface area contributed by atoms with Crippen LogP contribution >= 0.6 is 0 Å². The number of para-hydroxylation sites is 1. The minimum atomic E-state index is -1.08. The van der Waals surface area contributed by atoms with Crippen LogP contribution < -0.4 is 15.8 Å². The molecule has 2 aromatic heterocycles. The average Bonchev–Trinajstić information content (AvgIpc) is 3.26. The van der Waals surface area contributed by atoms with Crippen molar-refractivity contribution in [2.24, 2.45) is 0 Å². The molecule has 5 rings (SSSR count). The molecule has 0 radical (unpaired) electrons. The highest BCUT2D eigenvalue weighted by atomic mass is 19.2. The molecule has 37 heavy (non-hydrogen) atoms. The van der Waals surface area contributed by atoms with Crippen molar-refractivity contribution in [2.75, 3.05) is 10.2 Å². The number of carboxylic acid groups (broad SMARTS) is 1. The first kappa shape index (κ1) is 23.9. The summed E-state index contributed by atoms with van der Waals surface area (Å²) in [7, 11) is 0. The molecule has 0 bridgehead atoms. The van der Waals surface area contributed by atoms with E-state index in [1.54, 1.807) is 36.2 Å². The molecule has 1 atom stereocenters. The van der Waals surface area contributed by atoms with E-state index < -0.39 is 29.2 Å². The van der Waals surface area contributed by atoms with E-state index in [1.807, 2.05) is 19.1 Å². The number of pyridine rings is 1. The molecule has 3 heterocycles. The largest absolute Gasteiger partial charge is 0.478 e. The number of aryl methyl sites for hydroxylation is 1. The number of hydrogen-bond donors (Lipinski definition) is 2. The van der Waals surface area contributed by atoms with E-state index in [4.69, 9.17) is 4.98 Å². The fraction of sp³-hybridized carbons (Fsp3) is 0.185. The molecule has 0 saturated carbocycles. The van der Waals surface area contributed by atoms with E-state index in [1.165, 1.54) is 10.5 Å². The van der Waals surface area contributed by atoms with E-state index in [0.29, 0.717) is 22.4 Å². The third-order valence-corrected chi connectivity index (χ3v) is 6.44. The molecule has 0 amide bonds. The number of benzene rings is 2. The molecule has 4 aromatic rings. The maximum atomic E-state index is 13.8. The van der Waals surface area contributed by atoms with Crippen molar-refractivity contribution >= 4 is 23.1 Å². The third kappa shape index (κ3) is 4.14. The minimum Gasteiger partial charge on any atom is -0.478 e. The number of rotatable bonds is 5. The Balaban J connectivity index is 1.63. The lowest BCUT2D eigenvalue weighted by atomic mass is 10.1. The zero-order chi connectivity index (χ0) is 26.4. The first-order chi connectivity index (χ1) is 17.7. The summed E-state index contributed by atoms with van der Waals surface area (Å²) in [6.07, 6.45) is 1.58. The predicted octanol–water partition coefficient (Wildman–Crippen LogP) is 4.54. The molecule has 0 saturated heterocycles. The van der Waals surface area contributed by atoms with Gasteiger partial charge in [0.15, 0.2) is 23.0 Å². The fourth-order valence-electron chi connectivity index (χ4n) is 4.69. The van der Waals surface area contributed by atoms with Gasteiger partial charge in [0.1, 0.15) is 11.7 Å². The Morgan fingerprint density at radius 3 is 2.43 bits per heavy atom. The fourth-order valence-corrected chi connectivity index (χ4v) is 4.69. The van der Waals surface area contributed by atoms with Crippen LogP contribution in [0.5, 0.6) is 0 Å². The number of anilines is 2.